The van der Waals surface area contributed by atoms with Crippen LogP contribution in [-0.4, -0.2) is 21.3 Å². The van der Waals surface area contributed by atoms with Crippen LogP contribution in [0.15, 0.2) is 42.6 Å². The van der Waals surface area contributed by atoms with Crippen LogP contribution in [0.1, 0.15) is 47.6 Å². The Morgan fingerprint density at radius 1 is 1.24 bits per heavy atom. The number of para-hydroxylation sites is 1. The predicted molar refractivity (Wildman–Crippen MR) is 100 cm³/mol. The van der Waals surface area contributed by atoms with Crippen LogP contribution in [0.2, 0.25) is 0 Å². The number of hydrogen-bond acceptors (Lipinski definition) is 2. The molecule has 0 fully saturated rings. The van der Waals surface area contributed by atoms with Gasteiger partial charge in [0.25, 0.3) is 5.91 Å². The van der Waals surface area contributed by atoms with E-state index in [1.165, 1.54) is 5.56 Å². The summed E-state index contributed by atoms with van der Waals surface area (Å²) < 4.78 is 1.97. The van der Waals surface area contributed by atoms with Gasteiger partial charge in [-0.1, -0.05) is 37.6 Å². The summed E-state index contributed by atoms with van der Waals surface area (Å²) in [4.78, 5) is 20.2. The highest BCUT2D eigenvalue weighted by atomic mass is 16.2. The summed E-state index contributed by atoms with van der Waals surface area (Å²) in [5.41, 5.74) is 5.85. The molecule has 1 unspecified atom stereocenters. The number of pyridine rings is 1. The predicted octanol–water partition coefficient (Wildman–Crippen LogP) is 4.19. The maximum absolute atomic E-state index is 13.6. The number of anilines is 1. The fourth-order valence-electron chi connectivity index (χ4n) is 3.83. The van der Waals surface area contributed by atoms with Crippen LogP contribution in [0, 0.1) is 6.92 Å². The number of aryl methyl sites for hydroxylation is 2. The summed E-state index contributed by atoms with van der Waals surface area (Å²) in [5.74, 6) is 0.0546. The molecule has 1 aliphatic heterocycles. The first-order chi connectivity index (χ1) is 12.1. The summed E-state index contributed by atoms with van der Waals surface area (Å²) >= 11 is 0. The summed E-state index contributed by atoms with van der Waals surface area (Å²) in [6.45, 7) is 6.28. The highest BCUT2D eigenvalue weighted by Gasteiger charge is 2.34. The zero-order valence-corrected chi connectivity index (χ0v) is 15.0. The molecule has 25 heavy (non-hydrogen) atoms. The molecule has 0 bridgehead atoms. The normalized spacial score (nSPS) is 16.4. The second-order valence-electron chi connectivity index (χ2n) is 6.95. The summed E-state index contributed by atoms with van der Waals surface area (Å²) in [6.07, 6.45) is 4.70. The van der Waals surface area contributed by atoms with Crippen molar-refractivity contribution in [2.75, 3.05) is 4.90 Å². The van der Waals surface area contributed by atoms with Crippen molar-refractivity contribution in [2.45, 2.75) is 46.1 Å². The number of amides is 1. The Labute approximate surface area is 148 Å². The number of imidazole rings is 1. The number of fused-ring (bicyclic) bond motifs is 2. The highest BCUT2D eigenvalue weighted by molar-refractivity contribution is 6.08. The highest BCUT2D eigenvalue weighted by Crippen LogP contribution is 2.33. The van der Waals surface area contributed by atoms with E-state index in [9.17, 15) is 4.79 Å². The number of carbonyl (C=O) groups is 1. The first-order valence-corrected chi connectivity index (χ1v) is 8.99. The van der Waals surface area contributed by atoms with E-state index >= 15 is 0 Å². The molecule has 1 aromatic carbocycles. The van der Waals surface area contributed by atoms with Crippen LogP contribution in [0.4, 0.5) is 5.69 Å². The van der Waals surface area contributed by atoms with Crippen molar-refractivity contribution in [1.29, 1.82) is 0 Å². The van der Waals surface area contributed by atoms with Crippen molar-refractivity contribution in [1.82, 2.24) is 9.38 Å². The van der Waals surface area contributed by atoms with Crippen molar-refractivity contribution in [2.24, 2.45) is 0 Å². The van der Waals surface area contributed by atoms with E-state index in [1.807, 2.05) is 52.8 Å². The number of nitrogens with zero attached hydrogens (tertiary/aromatic N) is 3. The number of carbonyl (C=O) groups excluding carboxylic acids is 1. The minimum absolute atomic E-state index is 0.0546. The molecule has 1 atom stereocenters. The van der Waals surface area contributed by atoms with Crippen LogP contribution in [-0.2, 0) is 12.8 Å². The van der Waals surface area contributed by atoms with E-state index < -0.39 is 0 Å². The van der Waals surface area contributed by atoms with Gasteiger partial charge in [0.15, 0.2) is 0 Å². The van der Waals surface area contributed by atoms with Gasteiger partial charge in [-0.2, -0.15) is 0 Å². The van der Waals surface area contributed by atoms with Gasteiger partial charge < -0.3 is 4.90 Å². The standard InChI is InChI=1S/C21H23N3O/c1-4-7-17-20(23-13-14(2)10-11-19(23)22-17)21(25)24-15(3)12-16-8-5-6-9-18(16)24/h5-6,8-11,13,15H,4,7,12H2,1-3H3. The molecular weight excluding hydrogens is 310 g/mol. The van der Waals surface area contributed by atoms with Gasteiger partial charge in [-0.05, 0) is 49.9 Å². The Balaban J connectivity index is 1.87. The van der Waals surface area contributed by atoms with Crippen LogP contribution in [0.25, 0.3) is 5.65 Å². The third kappa shape index (κ3) is 2.53. The lowest BCUT2D eigenvalue weighted by molar-refractivity contribution is 0.0975. The van der Waals surface area contributed by atoms with Crippen molar-refractivity contribution < 1.29 is 4.79 Å². The fourth-order valence-corrected chi connectivity index (χ4v) is 3.83. The number of rotatable bonds is 3. The van der Waals surface area contributed by atoms with Crippen molar-refractivity contribution in [3.05, 3.63) is 65.1 Å². The zero-order chi connectivity index (χ0) is 17.6. The van der Waals surface area contributed by atoms with Gasteiger partial charge in [0.1, 0.15) is 11.3 Å². The van der Waals surface area contributed by atoms with Gasteiger partial charge in [-0.3, -0.25) is 9.20 Å². The molecule has 4 nitrogen and oxygen atoms in total. The average molecular weight is 333 g/mol. The van der Waals surface area contributed by atoms with Gasteiger partial charge in [-0.15, -0.1) is 0 Å². The molecule has 4 rings (SSSR count). The minimum atomic E-state index is 0.0546. The van der Waals surface area contributed by atoms with E-state index in [-0.39, 0.29) is 11.9 Å². The molecule has 3 heterocycles. The summed E-state index contributed by atoms with van der Waals surface area (Å²) in [6, 6.07) is 12.4. The zero-order valence-electron chi connectivity index (χ0n) is 15.0. The van der Waals surface area contributed by atoms with Crippen LogP contribution >= 0.6 is 0 Å². The van der Waals surface area contributed by atoms with Crippen LogP contribution in [0.5, 0.6) is 0 Å². The third-order valence-corrected chi connectivity index (χ3v) is 4.95. The van der Waals surface area contributed by atoms with Gasteiger partial charge in [-0.25, -0.2) is 4.98 Å². The molecular formula is C21H23N3O. The number of benzene rings is 1. The Morgan fingerprint density at radius 2 is 2.04 bits per heavy atom. The van der Waals surface area contributed by atoms with Gasteiger partial charge in [0.05, 0.1) is 5.69 Å². The van der Waals surface area contributed by atoms with E-state index in [0.717, 1.165) is 41.9 Å². The lowest BCUT2D eigenvalue weighted by Gasteiger charge is -2.23. The Bertz CT molecular complexity index is 957. The second kappa shape index (κ2) is 6.03. The van der Waals surface area contributed by atoms with Gasteiger partial charge in [0, 0.05) is 17.9 Å². The van der Waals surface area contributed by atoms with E-state index in [0.29, 0.717) is 5.69 Å². The summed E-state index contributed by atoms with van der Waals surface area (Å²) in [7, 11) is 0. The van der Waals surface area contributed by atoms with Gasteiger partial charge in [0.2, 0.25) is 0 Å². The Morgan fingerprint density at radius 3 is 2.84 bits per heavy atom. The molecule has 1 amide bonds. The summed E-state index contributed by atoms with van der Waals surface area (Å²) in [5, 5.41) is 0. The molecule has 3 aromatic rings. The van der Waals surface area contributed by atoms with Gasteiger partial charge >= 0.3 is 0 Å². The topological polar surface area (TPSA) is 37.6 Å². The Hall–Kier alpha value is -2.62. The molecule has 2 aromatic heterocycles. The average Bonchev–Trinajstić information content (AvgIpc) is 3.10. The molecule has 0 N–H and O–H groups in total. The van der Waals surface area contributed by atoms with E-state index in [4.69, 9.17) is 4.98 Å². The quantitative estimate of drug-likeness (QED) is 0.721. The first kappa shape index (κ1) is 15.9. The second-order valence-corrected chi connectivity index (χ2v) is 6.95. The Kier molecular flexibility index (Phi) is 3.83. The maximum atomic E-state index is 13.6. The van der Waals surface area contributed by atoms with E-state index in [1.54, 1.807) is 0 Å². The SMILES string of the molecule is CCCc1nc2ccc(C)cn2c1C(=O)N1c2ccccc2CC1C. The smallest absolute Gasteiger partial charge is 0.277 e. The first-order valence-electron chi connectivity index (χ1n) is 8.99. The van der Waals surface area contributed by atoms with Crippen LogP contribution < -0.4 is 4.90 Å². The number of aromatic nitrogens is 2. The van der Waals surface area contributed by atoms with Crippen LogP contribution in [0.3, 0.4) is 0 Å². The molecule has 0 saturated carbocycles. The molecule has 1 aliphatic rings. The fraction of sp³-hybridized carbons (Fsp3) is 0.333. The lowest BCUT2D eigenvalue weighted by Crippen LogP contribution is -2.37. The monoisotopic (exact) mass is 333 g/mol. The maximum Gasteiger partial charge on any atom is 0.277 e. The van der Waals surface area contributed by atoms with Crippen molar-refractivity contribution >= 4 is 17.2 Å². The molecule has 0 spiro atoms. The molecule has 0 saturated heterocycles. The largest absolute Gasteiger partial charge is 0.304 e. The lowest BCUT2D eigenvalue weighted by atomic mass is 10.1. The third-order valence-electron chi connectivity index (χ3n) is 4.95. The van der Waals surface area contributed by atoms with E-state index in [2.05, 4.69) is 19.9 Å². The molecule has 4 heteroatoms. The molecule has 0 aliphatic carbocycles. The number of hydrogen-bond donors (Lipinski definition) is 0. The molecule has 0 radical (unpaired) electrons. The minimum Gasteiger partial charge on any atom is -0.304 e. The van der Waals surface area contributed by atoms with Crippen molar-refractivity contribution in [3.63, 3.8) is 0 Å². The van der Waals surface area contributed by atoms with Crippen molar-refractivity contribution in [3.8, 4) is 0 Å². The molecule has 128 valence electrons.